The van der Waals surface area contributed by atoms with Crippen molar-refractivity contribution in [2.75, 3.05) is 0 Å². The molecule has 0 amide bonds. The minimum absolute atomic E-state index is 1.11. The predicted octanol–water partition coefficient (Wildman–Crippen LogP) is 4.93. The Morgan fingerprint density at radius 1 is 1.00 bits per heavy atom. The molecular formula is C16H24. The van der Waals surface area contributed by atoms with Gasteiger partial charge in [-0.3, -0.25) is 0 Å². The fraction of sp³-hybridized carbons (Fsp3) is 0.500. The van der Waals surface area contributed by atoms with Gasteiger partial charge in [0.05, 0.1) is 0 Å². The summed E-state index contributed by atoms with van der Waals surface area (Å²) < 4.78 is 0. The average molecular weight is 216 g/mol. The van der Waals surface area contributed by atoms with Crippen LogP contribution in [0.25, 0.3) is 0 Å². The zero-order chi connectivity index (χ0) is 11.8. The van der Waals surface area contributed by atoms with Crippen LogP contribution in [0.5, 0.6) is 0 Å². The van der Waals surface area contributed by atoms with Crippen LogP contribution in [0.4, 0.5) is 0 Å². The molecule has 1 rings (SSSR count). The monoisotopic (exact) mass is 216 g/mol. The minimum atomic E-state index is 1.11. The van der Waals surface area contributed by atoms with E-state index >= 15 is 0 Å². The molecule has 0 saturated carbocycles. The molecule has 0 atom stereocenters. The van der Waals surface area contributed by atoms with Crippen molar-refractivity contribution in [1.29, 1.82) is 0 Å². The van der Waals surface area contributed by atoms with Crippen LogP contribution < -0.4 is 0 Å². The van der Waals surface area contributed by atoms with Crippen molar-refractivity contribution < 1.29 is 0 Å². The fourth-order valence-corrected chi connectivity index (χ4v) is 1.75. The molecule has 0 N–H and O–H groups in total. The van der Waals surface area contributed by atoms with Gasteiger partial charge in [-0.05, 0) is 43.2 Å². The van der Waals surface area contributed by atoms with Crippen molar-refractivity contribution in [1.82, 2.24) is 0 Å². The Bertz CT molecular complexity index is 305. The summed E-state index contributed by atoms with van der Waals surface area (Å²) in [7, 11) is 0. The van der Waals surface area contributed by atoms with Gasteiger partial charge in [0.15, 0.2) is 0 Å². The molecule has 0 saturated heterocycles. The number of hydrogen-bond acceptors (Lipinski definition) is 0. The summed E-state index contributed by atoms with van der Waals surface area (Å²) in [4.78, 5) is 0. The van der Waals surface area contributed by atoms with Crippen LogP contribution in [0, 0.1) is 0 Å². The van der Waals surface area contributed by atoms with Gasteiger partial charge in [0.1, 0.15) is 0 Å². The number of rotatable bonds is 7. The van der Waals surface area contributed by atoms with E-state index in [0.717, 1.165) is 19.3 Å². The van der Waals surface area contributed by atoms with Gasteiger partial charge in [-0.1, -0.05) is 56.7 Å². The average Bonchev–Trinajstić information content (AvgIpc) is 2.34. The van der Waals surface area contributed by atoms with Crippen LogP contribution in [0.3, 0.4) is 0 Å². The van der Waals surface area contributed by atoms with Crippen LogP contribution in [0.1, 0.15) is 50.7 Å². The Hall–Kier alpha value is -1.04. The lowest BCUT2D eigenvalue weighted by Gasteiger charge is -2.05. The first-order valence-electron chi connectivity index (χ1n) is 6.50. The van der Waals surface area contributed by atoms with Gasteiger partial charge >= 0.3 is 0 Å². The molecule has 0 spiro atoms. The number of unbranched alkanes of at least 4 members (excludes halogenated alkanes) is 1. The molecule has 88 valence electrons. The highest BCUT2D eigenvalue weighted by Crippen LogP contribution is 2.12. The summed E-state index contributed by atoms with van der Waals surface area (Å²) in [6, 6.07) is 9.10. The summed E-state index contributed by atoms with van der Waals surface area (Å²) in [5.41, 5.74) is 4.27. The van der Waals surface area contributed by atoms with Crippen molar-refractivity contribution in [2.24, 2.45) is 0 Å². The molecule has 1 aromatic carbocycles. The van der Waals surface area contributed by atoms with Gasteiger partial charge in [-0.25, -0.2) is 0 Å². The highest BCUT2D eigenvalue weighted by molar-refractivity contribution is 5.23. The maximum atomic E-state index is 4.05. The molecule has 1 aromatic rings. The van der Waals surface area contributed by atoms with Crippen LogP contribution in [-0.2, 0) is 12.8 Å². The third kappa shape index (κ3) is 4.65. The number of allylic oxidation sites excluding steroid dienone is 1. The lowest BCUT2D eigenvalue weighted by atomic mass is 10.0. The smallest absolute Gasteiger partial charge is 0.0242 e. The topological polar surface area (TPSA) is 0 Å². The molecule has 0 unspecified atom stereocenters. The largest absolute Gasteiger partial charge is 0.0999 e. The number of aryl methyl sites for hydroxylation is 2. The van der Waals surface area contributed by atoms with Gasteiger partial charge in [0, 0.05) is 0 Å². The lowest BCUT2D eigenvalue weighted by Crippen LogP contribution is -1.89. The van der Waals surface area contributed by atoms with Crippen LogP contribution in [-0.4, -0.2) is 0 Å². The van der Waals surface area contributed by atoms with Crippen molar-refractivity contribution in [2.45, 2.75) is 52.4 Å². The molecule has 0 heteroatoms. The molecule has 0 aliphatic rings. The van der Waals surface area contributed by atoms with E-state index in [4.69, 9.17) is 0 Å². The summed E-state index contributed by atoms with van der Waals surface area (Å²) in [6.45, 7) is 8.46. The Kier molecular flexibility index (Phi) is 5.92. The highest BCUT2D eigenvalue weighted by atomic mass is 14.0. The normalized spacial score (nSPS) is 10.4. The van der Waals surface area contributed by atoms with E-state index in [1.54, 1.807) is 0 Å². The molecule has 0 bridgehead atoms. The molecule has 16 heavy (non-hydrogen) atoms. The van der Waals surface area contributed by atoms with E-state index in [1.165, 1.54) is 36.0 Å². The van der Waals surface area contributed by atoms with Crippen molar-refractivity contribution in [3.63, 3.8) is 0 Å². The van der Waals surface area contributed by atoms with Gasteiger partial charge in [0.2, 0.25) is 0 Å². The van der Waals surface area contributed by atoms with E-state index in [2.05, 4.69) is 44.7 Å². The molecule has 0 aliphatic heterocycles. The number of benzene rings is 1. The van der Waals surface area contributed by atoms with Crippen molar-refractivity contribution >= 4 is 0 Å². The SMILES string of the molecule is C=C(CC)CCc1ccc(CCCC)cc1. The van der Waals surface area contributed by atoms with Crippen LogP contribution in [0.2, 0.25) is 0 Å². The van der Waals surface area contributed by atoms with Crippen molar-refractivity contribution in [3.8, 4) is 0 Å². The number of hydrogen-bond donors (Lipinski definition) is 0. The Morgan fingerprint density at radius 2 is 1.56 bits per heavy atom. The van der Waals surface area contributed by atoms with E-state index in [1.807, 2.05) is 0 Å². The fourth-order valence-electron chi connectivity index (χ4n) is 1.75. The van der Waals surface area contributed by atoms with E-state index in [-0.39, 0.29) is 0 Å². The standard InChI is InChI=1S/C16H24/c1-4-6-7-15-10-12-16(13-11-15)9-8-14(3)5-2/h10-13H,3-9H2,1-2H3. The predicted molar refractivity (Wildman–Crippen MR) is 72.8 cm³/mol. The van der Waals surface area contributed by atoms with Gasteiger partial charge < -0.3 is 0 Å². The van der Waals surface area contributed by atoms with E-state index in [0.29, 0.717) is 0 Å². The highest BCUT2D eigenvalue weighted by Gasteiger charge is 1.96. The molecule has 0 aromatic heterocycles. The molecule has 0 aliphatic carbocycles. The van der Waals surface area contributed by atoms with Crippen LogP contribution in [0.15, 0.2) is 36.4 Å². The Labute approximate surface area is 100 Å². The third-order valence-corrected chi connectivity index (χ3v) is 3.11. The van der Waals surface area contributed by atoms with E-state index < -0.39 is 0 Å². The van der Waals surface area contributed by atoms with Gasteiger partial charge in [0.25, 0.3) is 0 Å². The maximum absolute atomic E-state index is 4.05. The first kappa shape index (κ1) is 13.0. The summed E-state index contributed by atoms with van der Waals surface area (Å²) in [5.74, 6) is 0. The summed E-state index contributed by atoms with van der Waals surface area (Å²) in [5, 5.41) is 0. The Balaban J connectivity index is 2.41. The first-order valence-corrected chi connectivity index (χ1v) is 6.50. The van der Waals surface area contributed by atoms with Gasteiger partial charge in [-0.2, -0.15) is 0 Å². The zero-order valence-corrected chi connectivity index (χ0v) is 10.8. The second-order valence-corrected chi connectivity index (χ2v) is 4.52. The Morgan fingerprint density at radius 3 is 2.06 bits per heavy atom. The molecule has 0 fully saturated rings. The first-order chi connectivity index (χ1) is 7.76. The maximum Gasteiger partial charge on any atom is -0.0242 e. The lowest BCUT2D eigenvalue weighted by molar-refractivity contribution is 0.794. The van der Waals surface area contributed by atoms with Crippen LogP contribution >= 0.6 is 0 Å². The molecule has 0 heterocycles. The summed E-state index contributed by atoms with van der Waals surface area (Å²) in [6.07, 6.45) is 7.17. The summed E-state index contributed by atoms with van der Waals surface area (Å²) >= 11 is 0. The molecule has 0 radical (unpaired) electrons. The molecule has 0 nitrogen and oxygen atoms in total. The zero-order valence-electron chi connectivity index (χ0n) is 10.8. The third-order valence-electron chi connectivity index (χ3n) is 3.11. The van der Waals surface area contributed by atoms with Crippen molar-refractivity contribution in [3.05, 3.63) is 47.5 Å². The van der Waals surface area contributed by atoms with E-state index in [9.17, 15) is 0 Å². The second kappa shape index (κ2) is 7.27. The quantitative estimate of drug-likeness (QED) is 0.567. The minimum Gasteiger partial charge on any atom is -0.0999 e. The van der Waals surface area contributed by atoms with Gasteiger partial charge in [-0.15, -0.1) is 0 Å². The molecular weight excluding hydrogens is 192 g/mol. The second-order valence-electron chi connectivity index (χ2n) is 4.52.